The molecule has 3 rings (SSSR count). The van der Waals surface area contributed by atoms with Gasteiger partial charge >= 0.3 is 0 Å². The number of benzene rings is 2. The Hall–Kier alpha value is -3.12. The molecule has 0 spiro atoms. The number of hydrogen-bond acceptors (Lipinski definition) is 3. The lowest BCUT2D eigenvalue weighted by molar-refractivity contribution is -0.132. The molecule has 1 aromatic heterocycles. The highest BCUT2D eigenvalue weighted by Crippen LogP contribution is 2.17. The third-order valence-electron chi connectivity index (χ3n) is 4.30. The van der Waals surface area contributed by atoms with E-state index < -0.39 is 11.7 Å². The minimum absolute atomic E-state index is 0.0253. The molecule has 3 aromatic rings. The smallest absolute Gasteiger partial charge is 0.252 e. The lowest BCUT2D eigenvalue weighted by atomic mass is 10.2. The van der Waals surface area contributed by atoms with Crippen LogP contribution < -0.4 is 5.32 Å². The molecule has 0 saturated heterocycles. The molecule has 150 valence electrons. The van der Waals surface area contributed by atoms with Crippen molar-refractivity contribution in [2.24, 2.45) is 0 Å². The van der Waals surface area contributed by atoms with Crippen LogP contribution in [0.2, 0.25) is 5.02 Å². The van der Waals surface area contributed by atoms with Gasteiger partial charge in [-0.15, -0.1) is 0 Å². The minimum Gasteiger partial charge on any atom is -0.467 e. The van der Waals surface area contributed by atoms with Crippen molar-refractivity contribution in [2.75, 3.05) is 6.54 Å². The van der Waals surface area contributed by atoms with Crippen LogP contribution in [0.1, 0.15) is 28.1 Å². The lowest BCUT2D eigenvalue weighted by Gasteiger charge is -2.22. The quantitative estimate of drug-likeness (QED) is 0.593. The normalized spacial score (nSPS) is 10.6. The molecular formula is C22H20ClFN2O3. The molecule has 5 nitrogen and oxygen atoms in total. The van der Waals surface area contributed by atoms with E-state index in [9.17, 15) is 14.0 Å². The van der Waals surface area contributed by atoms with Gasteiger partial charge < -0.3 is 14.6 Å². The molecule has 1 heterocycles. The predicted octanol–water partition coefficient (Wildman–Crippen LogP) is 4.42. The number of hydrogen-bond donors (Lipinski definition) is 1. The Balaban J connectivity index is 1.59. The third kappa shape index (κ3) is 5.93. The predicted molar refractivity (Wildman–Crippen MR) is 108 cm³/mol. The van der Waals surface area contributed by atoms with Crippen molar-refractivity contribution in [1.29, 1.82) is 0 Å². The molecule has 0 radical (unpaired) electrons. The zero-order valence-electron chi connectivity index (χ0n) is 15.6. The van der Waals surface area contributed by atoms with Gasteiger partial charge in [0, 0.05) is 19.5 Å². The summed E-state index contributed by atoms with van der Waals surface area (Å²) < 4.78 is 18.5. The average Bonchev–Trinajstić information content (AvgIpc) is 3.21. The highest BCUT2D eigenvalue weighted by molar-refractivity contribution is 6.33. The second-order valence-corrected chi connectivity index (χ2v) is 6.85. The Labute approximate surface area is 173 Å². The lowest BCUT2D eigenvalue weighted by Crippen LogP contribution is -2.34. The second-order valence-electron chi connectivity index (χ2n) is 6.44. The fraction of sp³-hybridized carbons (Fsp3) is 0.182. The van der Waals surface area contributed by atoms with Gasteiger partial charge in [-0.25, -0.2) is 4.39 Å². The van der Waals surface area contributed by atoms with E-state index in [1.54, 1.807) is 17.2 Å². The van der Waals surface area contributed by atoms with Gasteiger partial charge in [0.05, 0.1) is 23.4 Å². The number of furan rings is 1. The van der Waals surface area contributed by atoms with Crippen molar-refractivity contribution in [3.8, 4) is 0 Å². The summed E-state index contributed by atoms with van der Waals surface area (Å²) in [6.07, 6.45) is 1.67. The van der Waals surface area contributed by atoms with E-state index >= 15 is 0 Å². The largest absolute Gasteiger partial charge is 0.467 e. The number of nitrogens with zero attached hydrogens (tertiary/aromatic N) is 1. The molecule has 1 N–H and O–H groups in total. The third-order valence-corrected chi connectivity index (χ3v) is 4.61. The number of carbonyl (C=O) groups is 2. The van der Waals surface area contributed by atoms with Crippen molar-refractivity contribution in [2.45, 2.75) is 19.5 Å². The van der Waals surface area contributed by atoms with Gasteiger partial charge in [0.15, 0.2) is 0 Å². The highest BCUT2D eigenvalue weighted by atomic mass is 35.5. The van der Waals surface area contributed by atoms with Crippen LogP contribution in [-0.4, -0.2) is 23.3 Å². The molecule has 0 aliphatic heterocycles. The van der Waals surface area contributed by atoms with E-state index in [4.69, 9.17) is 16.0 Å². The van der Waals surface area contributed by atoms with Crippen LogP contribution in [0.4, 0.5) is 4.39 Å². The van der Waals surface area contributed by atoms with Crippen molar-refractivity contribution < 1.29 is 18.4 Å². The number of nitrogens with one attached hydrogen (secondary N) is 1. The number of rotatable bonds is 8. The molecule has 0 atom stereocenters. The molecule has 2 aromatic carbocycles. The van der Waals surface area contributed by atoms with Crippen LogP contribution in [0.15, 0.2) is 71.3 Å². The SMILES string of the molecule is O=C(NCCC(=O)N(Cc1ccccc1)Cc1ccco1)c1ccc(F)cc1Cl. The molecule has 0 saturated carbocycles. The minimum atomic E-state index is -0.517. The van der Waals surface area contributed by atoms with Crippen molar-refractivity contribution in [3.63, 3.8) is 0 Å². The summed E-state index contributed by atoms with van der Waals surface area (Å²) in [4.78, 5) is 26.7. The molecule has 0 aliphatic rings. The molecule has 29 heavy (non-hydrogen) atoms. The van der Waals surface area contributed by atoms with Crippen LogP contribution in [0.3, 0.4) is 0 Å². The Morgan fingerprint density at radius 1 is 1.03 bits per heavy atom. The van der Waals surface area contributed by atoms with E-state index in [1.807, 2.05) is 36.4 Å². The first-order valence-corrected chi connectivity index (χ1v) is 9.48. The maximum absolute atomic E-state index is 13.1. The first-order valence-electron chi connectivity index (χ1n) is 9.10. The summed E-state index contributed by atoms with van der Waals surface area (Å²) in [5.41, 5.74) is 1.16. The number of amides is 2. The Morgan fingerprint density at radius 3 is 2.52 bits per heavy atom. The maximum Gasteiger partial charge on any atom is 0.252 e. The van der Waals surface area contributed by atoms with Crippen molar-refractivity contribution in [1.82, 2.24) is 10.2 Å². The van der Waals surface area contributed by atoms with E-state index in [0.717, 1.165) is 17.7 Å². The summed E-state index contributed by atoms with van der Waals surface area (Å²) in [6.45, 7) is 0.894. The van der Waals surface area contributed by atoms with Gasteiger partial charge in [-0.2, -0.15) is 0 Å². The van der Waals surface area contributed by atoms with Crippen molar-refractivity contribution in [3.05, 3.63) is 94.7 Å². The molecule has 0 bridgehead atoms. The highest BCUT2D eigenvalue weighted by Gasteiger charge is 2.17. The zero-order valence-corrected chi connectivity index (χ0v) is 16.4. The monoisotopic (exact) mass is 414 g/mol. The van der Waals surface area contributed by atoms with Gasteiger partial charge in [-0.1, -0.05) is 41.9 Å². The van der Waals surface area contributed by atoms with Gasteiger partial charge in [0.25, 0.3) is 5.91 Å². The molecular weight excluding hydrogens is 395 g/mol. The Bertz CT molecular complexity index is 961. The fourth-order valence-electron chi connectivity index (χ4n) is 2.84. The van der Waals surface area contributed by atoms with E-state index in [-0.39, 0.29) is 29.5 Å². The van der Waals surface area contributed by atoms with E-state index in [0.29, 0.717) is 18.8 Å². The first-order chi connectivity index (χ1) is 14.0. The van der Waals surface area contributed by atoms with Crippen molar-refractivity contribution >= 4 is 23.4 Å². The van der Waals surface area contributed by atoms with E-state index in [1.165, 1.54) is 6.07 Å². The van der Waals surface area contributed by atoms with Crippen LogP contribution in [0, 0.1) is 5.82 Å². The molecule has 0 unspecified atom stereocenters. The van der Waals surface area contributed by atoms with Crippen LogP contribution in [0.5, 0.6) is 0 Å². The molecule has 0 aliphatic carbocycles. The molecule has 0 fully saturated rings. The number of carbonyl (C=O) groups excluding carboxylic acids is 2. The fourth-order valence-corrected chi connectivity index (χ4v) is 3.09. The first kappa shape index (κ1) is 20.6. The van der Waals surface area contributed by atoms with Gasteiger partial charge in [-0.05, 0) is 35.9 Å². The maximum atomic E-state index is 13.1. The second kappa shape index (κ2) is 9.89. The van der Waals surface area contributed by atoms with Gasteiger partial charge in [0.2, 0.25) is 5.91 Å². The van der Waals surface area contributed by atoms with Crippen LogP contribution in [0.25, 0.3) is 0 Å². The van der Waals surface area contributed by atoms with E-state index in [2.05, 4.69) is 5.32 Å². The standard InChI is InChI=1S/C22H20ClFN2O3/c23-20-13-17(24)8-9-19(20)22(28)25-11-10-21(27)26(15-18-7-4-12-29-18)14-16-5-2-1-3-6-16/h1-9,12-13H,10-11,14-15H2,(H,25,28). The average molecular weight is 415 g/mol. The summed E-state index contributed by atoms with van der Waals surface area (Å²) in [6, 6.07) is 16.8. The van der Waals surface area contributed by atoms with Crippen LogP contribution in [-0.2, 0) is 17.9 Å². The molecule has 2 amide bonds. The summed E-state index contributed by atoms with van der Waals surface area (Å²) in [7, 11) is 0. The molecule has 7 heteroatoms. The topological polar surface area (TPSA) is 62.6 Å². The van der Waals surface area contributed by atoms with Gasteiger partial charge in [-0.3, -0.25) is 9.59 Å². The summed E-state index contributed by atoms with van der Waals surface area (Å²) in [5, 5.41) is 2.68. The summed E-state index contributed by atoms with van der Waals surface area (Å²) >= 11 is 5.90. The van der Waals surface area contributed by atoms with Crippen LogP contribution >= 0.6 is 11.6 Å². The number of halogens is 2. The Morgan fingerprint density at radius 2 is 1.83 bits per heavy atom. The summed E-state index contributed by atoms with van der Waals surface area (Å²) in [5.74, 6) is -0.424. The zero-order chi connectivity index (χ0) is 20.6. The Kier molecular flexibility index (Phi) is 7.03. The van der Waals surface area contributed by atoms with Gasteiger partial charge in [0.1, 0.15) is 11.6 Å².